The van der Waals surface area contributed by atoms with Crippen LogP contribution in [0.25, 0.3) is 0 Å². The Labute approximate surface area is 171 Å². The number of carbonyl (C=O) groups is 1. The standard InChI is InChI=1S/C21H24N4O3S/c1-24(2)20-11-10-18(29(27,28)25-12-4-3-5-13-25)14-19(20)23-21(26)17-8-6-16(15-22)7-9-17/h6-11,14H,3-5,12-13H2,1-2H3,(H,23,26). The number of sulfonamides is 1. The van der Waals surface area contributed by atoms with Crippen LogP contribution < -0.4 is 10.2 Å². The van der Waals surface area contributed by atoms with Crippen LogP contribution in [-0.4, -0.2) is 45.8 Å². The third kappa shape index (κ3) is 4.58. The number of benzene rings is 2. The van der Waals surface area contributed by atoms with Gasteiger partial charge in [-0.25, -0.2) is 8.42 Å². The van der Waals surface area contributed by atoms with Crippen molar-refractivity contribution in [3.63, 3.8) is 0 Å². The van der Waals surface area contributed by atoms with Crippen LogP contribution in [0.3, 0.4) is 0 Å². The highest BCUT2D eigenvalue weighted by atomic mass is 32.2. The van der Waals surface area contributed by atoms with Crippen molar-refractivity contribution in [3.8, 4) is 6.07 Å². The molecule has 7 nitrogen and oxygen atoms in total. The van der Waals surface area contributed by atoms with Gasteiger partial charge < -0.3 is 10.2 Å². The van der Waals surface area contributed by atoms with Crippen LogP contribution >= 0.6 is 0 Å². The topological polar surface area (TPSA) is 93.5 Å². The lowest BCUT2D eigenvalue weighted by atomic mass is 10.1. The molecule has 0 bridgehead atoms. The Morgan fingerprint density at radius 2 is 1.72 bits per heavy atom. The number of nitrogens with zero attached hydrogens (tertiary/aromatic N) is 3. The van der Waals surface area contributed by atoms with E-state index in [1.54, 1.807) is 36.4 Å². The van der Waals surface area contributed by atoms with Crippen LogP contribution in [0.4, 0.5) is 11.4 Å². The lowest BCUT2D eigenvalue weighted by molar-refractivity contribution is 0.102. The molecule has 152 valence electrons. The predicted octanol–water partition coefficient (Wildman–Crippen LogP) is 3.05. The number of hydrogen-bond acceptors (Lipinski definition) is 5. The van der Waals surface area contributed by atoms with E-state index >= 15 is 0 Å². The molecule has 0 aromatic heterocycles. The smallest absolute Gasteiger partial charge is 0.255 e. The van der Waals surface area contributed by atoms with Crippen LogP contribution in [0.5, 0.6) is 0 Å². The van der Waals surface area contributed by atoms with Crippen LogP contribution in [0, 0.1) is 11.3 Å². The van der Waals surface area contributed by atoms with Gasteiger partial charge in [-0.1, -0.05) is 6.42 Å². The third-order valence-corrected chi connectivity index (χ3v) is 6.82. The molecule has 0 aliphatic carbocycles. The molecule has 2 aromatic carbocycles. The van der Waals surface area contributed by atoms with E-state index in [1.165, 1.54) is 10.4 Å². The van der Waals surface area contributed by atoms with Crippen LogP contribution in [0.1, 0.15) is 35.2 Å². The third-order valence-electron chi connectivity index (χ3n) is 4.93. The Bertz CT molecular complexity index is 1030. The first-order valence-electron chi connectivity index (χ1n) is 9.46. The highest BCUT2D eigenvalue weighted by molar-refractivity contribution is 7.89. The lowest BCUT2D eigenvalue weighted by Gasteiger charge is -2.26. The molecule has 1 fully saturated rings. The maximum absolute atomic E-state index is 13.0. The SMILES string of the molecule is CN(C)c1ccc(S(=O)(=O)N2CCCCC2)cc1NC(=O)c1ccc(C#N)cc1. The minimum atomic E-state index is -3.61. The number of nitrogens with one attached hydrogen (secondary N) is 1. The van der Waals surface area contributed by atoms with Gasteiger partial charge >= 0.3 is 0 Å². The maximum Gasteiger partial charge on any atom is 0.255 e. The van der Waals surface area contributed by atoms with Crippen molar-refractivity contribution >= 4 is 27.3 Å². The maximum atomic E-state index is 13.0. The number of hydrogen-bond donors (Lipinski definition) is 1. The Hall–Kier alpha value is -2.89. The summed E-state index contributed by atoms with van der Waals surface area (Å²) in [5, 5.41) is 11.7. The first-order chi connectivity index (χ1) is 13.8. The van der Waals surface area contributed by atoms with Gasteiger partial charge in [0.15, 0.2) is 0 Å². The first-order valence-corrected chi connectivity index (χ1v) is 10.9. The monoisotopic (exact) mass is 412 g/mol. The molecule has 1 aliphatic heterocycles. The Balaban J connectivity index is 1.92. The van der Waals surface area contributed by atoms with Gasteiger partial charge in [0.05, 0.1) is 27.9 Å². The van der Waals surface area contributed by atoms with Crippen molar-refractivity contribution in [2.45, 2.75) is 24.2 Å². The van der Waals surface area contributed by atoms with Gasteiger partial charge in [0.25, 0.3) is 5.91 Å². The van der Waals surface area contributed by atoms with E-state index in [1.807, 2.05) is 25.1 Å². The van der Waals surface area contributed by atoms with Gasteiger partial charge in [-0.05, 0) is 55.3 Å². The van der Waals surface area contributed by atoms with Crippen molar-refractivity contribution in [3.05, 3.63) is 53.6 Å². The largest absolute Gasteiger partial charge is 0.376 e. The molecule has 3 rings (SSSR count). The molecule has 2 aromatic rings. The summed E-state index contributed by atoms with van der Waals surface area (Å²) in [4.78, 5) is 14.7. The first kappa shape index (κ1) is 20.8. The highest BCUT2D eigenvalue weighted by Crippen LogP contribution is 2.30. The van der Waals surface area contributed by atoms with Gasteiger partial charge in [-0.3, -0.25) is 4.79 Å². The van der Waals surface area contributed by atoms with Crippen molar-refractivity contribution in [2.24, 2.45) is 0 Å². The molecule has 1 N–H and O–H groups in total. The predicted molar refractivity (Wildman–Crippen MR) is 112 cm³/mol. The zero-order valence-corrected chi connectivity index (χ0v) is 17.4. The fourth-order valence-corrected chi connectivity index (χ4v) is 4.85. The number of rotatable bonds is 5. The summed E-state index contributed by atoms with van der Waals surface area (Å²) in [6.45, 7) is 1.04. The Morgan fingerprint density at radius 1 is 1.07 bits per heavy atom. The quantitative estimate of drug-likeness (QED) is 0.815. The molecular weight excluding hydrogens is 388 g/mol. The number of anilines is 2. The van der Waals surface area contributed by atoms with E-state index in [2.05, 4.69) is 5.32 Å². The summed E-state index contributed by atoms with van der Waals surface area (Å²) in [6.07, 6.45) is 2.76. The second kappa shape index (κ2) is 8.64. The molecule has 0 atom stereocenters. The Kier molecular flexibility index (Phi) is 6.20. The Morgan fingerprint density at radius 3 is 2.31 bits per heavy atom. The van der Waals surface area contributed by atoms with Crippen LogP contribution in [0.15, 0.2) is 47.4 Å². The van der Waals surface area contributed by atoms with E-state index < -0.39 is 10.0 Å². The fraction of sp³-hybridized carbons (Fsp3) is 0.333. The van der Waals surface area contributed by atoms with E-state index in [9.17, 15) is 13.2 Å². The van der Waals surface area contributed by atoms with Crippen molar-refractivity contribution < 1.29 is 13.2 Å². The molecule has 0 radical (unpaired) electrons. The van der Waals surface area contributed by atoms with Gasteiger partial charge in [0, 0.05) is 32.7 Å². The lowest BCUT2D eigenvalue weighted by Crippen LogP contribution is -2.35. The summed E-state index contributed by atoms with van der Waals surface area (Å²) >= 11 is 0. The van der Waals surface area contributed by atoms with E-state index in [-0.39, 0.29) is 10.8 Å². The van der Waals surface area contributed by atoms with Gasteiger partial charge in [-0.15, -0.1) is 0 Å². The number of nitriles is 1. The number of amides is 1. The molecule has 1 heterocycles. The molecule has 1 amide bonds. The number of piperidine rings is 1. The second-order valence-electron chi connectivity index (χ2n) is 7.18. The highest BCUT2D eigenvalue weighted by Gasteiger charge is 2.27. The minimum Gasteiger partial charge on any atom is -0.376 e. The summed E-state index contributed by atoms with van der Waals surface area (Å²) in [7, 11) is 0.0409. The molecule has 0 spiro atoms. The molecule has 1 saturated heterocycles. The fourth-order valence-electron chi connectivity index (χ4n) is 3.31. The normalized spacial score (nSPS) is 14.8. The number of carbonyl (C=O) groups excluding carboxylic acids is 1. The second-order valence-corrected chi connectivity index (χ2v) is 9.12. The molecule has 1 aliphatic rings. The van der Waals surface area contributed by atoms with Gasteiger partial charge in [0.1, 0.15) is 0 Å². The summed E-state index contributed by atoms with van der Waals surface area (Å²) in [6, 6.07) is 13.1. The summed E-state index contributed by atoms with van der Waals surface area (Å²) < 4.78 is 27.5. The molecule has 0 unspecified atom stereocenters. The molecule has 0 saturated carbocycles. The van der Waals surface area contributed by atoms with Crippen molar-refractivity contribution in [1.29, 1.82) is 5.26 Å². The van der Waals surface area contributed by atoms with E-state index in [4.69, 9.17) is 5.26 Å². The van der Waals surface area contributed by atoms with Gasteiger partial charge in [-0.2, -0.15) is 9.57 Å². The van der Waals surface area contributed by atoms with Crippen molar-refractivity contribution in [1.82, 2.24) is 4.31 Å². The zero-order valence-electron chi connectivity index (χ0n) is 16.6. The molecule has 29 heavy (non-hydrogen) atoms. The summed E-state index contributed by atoms with van der Waals surface area (Å²) in [5.74, 6) is -0.370. The van der Waals surface area contributed by atoms with E-state index in [0.717, 1.165) is 19.3 Å². The average Bonchev–Trinajstić information content (AvgIpc) is 2.74. The molecule has 8 heteroatoms. The minimum absolute atomic E-state index is 0.167. The zero-order chi connectivity index (χ0) is 21.0. The average molecular weight is 413 g/mol. The van der Waals surface area contributed by atoms with Crippen molar-refractivity contribution in [2.75, 3.05) is 37.4 Å². The van der Waals surface area contributed by atoms with E-state index in [0.29, 0.717) is 35.6 Å². The summed E-state index contributed by atoms with van der Waals surface area (Å²) in [5.41, 5.74) is 1.97. The van der Waals surface area contributed by atoms with Gasteiger partial charge in [0.2, 0.25) is 10.0 Å². The van der Waals surface area contributed by atoms with Crippen LogP contribution in [-0.2, 0) is 10.0 Å². The molecular formula is C21H24N4O3S. The van der Waals surface area contributed by atoms with Crippen LogP contribution in [0.2, 0.25) is 0 Å².